The molecule has 0 aromatic rings. The normalized spacial score (nSPS) is 16.6. The fraction of sp³-hybridized carbons (Fsp3) is 1.00. The first kappa shape index (κ1) is 7.11. The first-order valence-electron chi connectivity index (χ1n) is 1.79. The third-order valence-electron chi connectivity index (χ3n) is 0.540. The zero-order chi connectivity index (χ0) is 6.08. The quantitative estimate of drug-likeness (QED) is 0.391. The second-order valence-corrected chi connectivity index (χ2v) is 3.35. The van der Waals surface area contributed by atoms with E-state index in [1.54, 1.807) is 0 Å². The number of hydrogen-bond donors (Lipinski definition) is 1. The highest BCUT2D eigenvalue weighted by atomic mass is 31.2. The van der Waals surface area contributed by atoms with Crippen molar-refractivity contribution in [3.05, 3.63) is 0 Å². The summed E-state index contributed by atoms with van der Waals surface area (Å²) in [6.45, 7) is 1.25. The molecule has 4 nitrogen and oxygen atoms in total. The maximum Gasteiger partial charge on any atom is 0.107 e. The maximum absolute atomic E-state index is 9.74. The van der Waals surface area contributed by atoms with Crippen molar-refractivity contribution >= 4 is 7.60 Å². The van der Waals surface area contributed by atoms with Crippen molar-refractivity contribution in [3.63, 3.8) is 0 Å². The summed E-state index contributed by atoms with van der Waals surface area (Å²) in [7, 11) is -4.35. The van der Waals surface area contributed by atoms with Crippen molar-refractivity contribution in [3.8, 4) is 0 Å². The smallest absolute Gasteiger partial charge is 0.107 e. The van der Waals surface area contributed by atoms with E-state index in [9.17, 15) is 14.4 Å². The summed E-state index contributed by atoms with van der Waals surface area (Å²) in [6.07, 6.45) is 0. The SMILES string of the molecule is C[C@H]([NH3+])P(=O)([O-])[O-]. The monoisotopic (exact) mass is 124 g/mol. The molecule has 5 heteroatoms. The minimum atomic E-state index is -4.35. The molecule has 1 atom stereocenters. The van der Waals surface area contributed by atoms with Crippen LogP contribution in [0.25, 0.3) is 0 Å². The summed E-state index contributed by atoms with van der Waals surface area (Å²) in [6, 6.07) is 0. The van der Waals surface area contributed by atoms with Gasteiger partial charge < -0.3 is 20.1 Å². The average Bonchev–Trinajstić information content (AvgIpc) is 1.31. The first-order valence-corrected chi connectivity index (χ1v) is 3.40. The predicted octanol–water partition coefficient (Wildman–Crippen LogP) is -2.51. The molecule has 0 heterocycles. The van der Waals surface area contributed by atoms with Crippen molar-refractivity contribution in [2.24, 2.45) is 0 Å². The van der Waals surface area contributed by atoms with E-state index >= 15 is 0 Å². The summed E-state index contributed by atoms with van der Waals surface area (Å²) in [4.78, 5) is 19.5. The molecule has 0 saturated carbocycles. The maximum atomic E-state index is 9.74. The number of rotatable bonds is 1. The van der Waals surface area contributed by atoms with E-state index in [1.165, 1.54) is 6.92 Å². The Hall–Kier alpha value is 0.110. The lowest BCUT2D eigenvalue weighted by Crippen LogP contribution is -2.61. The molecule has 0 fully saturated rings. The fourth-order valence-corrected chi connectivity index (χ4v) is 0. The third-order valence-corrected chi connectivity index (χ3v) is 1.62. The van der Waals surface area contributed by atoms with Crippen molar-refractivity contribution in [2.45, 2.75) is 12.7 Å². The van der Waals surface area contributed by atoms with E-state index in [0.717, 1.165) is 0 Å². The Labute approximate surface area is 41.5 Å². The van der Waals surface area contributed by atoms with Gasteiger partial charge in [-0.2, -0.15) is 0 Å². The van der Waals surface area contributed by atoms with Crippen LogP contribution in [0.3, 0.4) is 0 Å². The Bertz CT molecular complexity index is 95.1. The topological polar surface area (TPSA) is 90.8 Å². The molecule has 0 aliphatic carbocycles. The standard InChI is InChI=1S/C2H8NO3P/c1-2(3)7(4,5)6/h2H,3H2,1H3,(H2,4,5,6)/p-1/t2-/m1/s1. The molecule has 0 saturated heterocycles. The molecule has 0 spiro atoms. The average molecular weight is 124 g/mol. The lowest BCUT2D eigenvalue weighted by Gasteiger charge is -2.29. The van der Waals surface area contributed by atoms with Crippen LogP contribution >= 0.6 is 7.60 Å². The predicted molar refractivity (Wildman–Crippen MR) is 20.0 cm³/mol. The molecular formula is C2H7NO3P-. The summed E-state index contributed by atoms with van der Waals surface area (Å²) in [5, 5.41) is 0. The van der Waals surface area contributed by atoms with Gasteiger partial charge in [-0.05, 0) is 14.5 Å². The van der Waals surface area contributed by atoms with Gasteiger partial charge >= 0.3 is 0 Å². The molecule has 7 heavy (non-hydrogen) atoms. The first-order chi connectivity index (χ1) is 2.94. The fourth-order valence-electron chi connectivity index (χ4n) is 0. The summed E-state index contributed by atoms with van der Waals surface area (Å²) < 4.78 is 9.74. The number of hydrogen-bond acceptors (Lipinski definition) is 3. The van der Waals surface area contributed by atoms with Gasteiger partial charge in [0.2, 0.25) is 0 Å². The van der Waals surface area contributed by atoms with Crippen molar-refractivity contribution in [1.29, 1.82) is 0 Å². The van der Waals surface area contributed by atoms with Gasteiger partial charge in [-0.1, -0.05) is 0 Å². The van der Waals surface area contributed by atoms with Crippen LogP contribution < -0.4 is 15.5 Å². The van der Waals surface area contributed by atoms with Gasteiger partial charge in [-0.3, -0.25) is 0 Å². The van der Waals surface area contributed by atoms with Gasteiger partial charge in [0.25, 0.3) is 0 Å². The Morgan fingerprint density at radius 2 is 1.86 bits per heavy atom. The Kier molecular flexibility index (Phi) is 1.95. The van der Waals surface area contributed by atoms with Gasteiger partial charge in [0, 0.05) is 0 Å². The van der Waals surface area contributed by atoms with E-state index in [2.05, 4.69) is 5.73 Å². The largest absolute Gasteiger partial charge is 0.807 e. The van der Waals surface area contributed by atoms with Crippen molar-refractivity contribution in [1.82, 2.24) is 0 Å². The van der Waals surface area contributed by atoms with Crippen LogP contribution in [-0.4, -0.2) is 5.78 Å². The third kappa shape index (κ3) is 2.76. The molecule has 44 valence electrons. The molecule has 0 unspecified atom stereocenters. The van der Waals surface area contributed by atoms with E-state index < -0.39 is 13.4 Å². The Balaban J connectivity index is 3.80. The van der Waals surface area contributed by atoms with Crippen LogP contribution in [0.4, 0.5) is 0 Å². The Morgan fingerprint density at radius 3 is 1.86 bits per heavy atom. The molecule has 0 amide bonds. The summed E-state index contributed by atoms with van der Waals surface area (Å²) in [5.74, 6) is -1.01. The van der Waals surface area contributed by atoms with Crippen molar-refractivity contribution < 1.29 is 20.1 Å². The zero-order valence-corrected chi connectivity index (χ0v) is 4.85. The Morgan fingerprint density at radius 1 is 1.71 bits per heavy atom. The van der Waals surface area contributed by atoms with Gasteiger partial charge in [0.05, 0.1) is 0 Å². The highest BCUT2D eigenvalue weighted by molar-refractivity contribution is 7.49. The van der Waals surface area contributed by atoms with Gasteiger partial charge in [-0.15, -0.1) is 0 Å². The van der Waals surface area contributed by atoms with Crippen LogP contribution in [0.2, 0.25) is 0 Å². The molecule has 0 rings (SSSR count). The second-order valence-electron chi connectivity index (χ2n) is 1.39. The molecule has 3 N–H and O–H groups in total. The second kappa shape index (κ2) is 1.92. The van der Waals surface area contributed by atoms with Crippen LogP contribution in [0.5, 0.6) is 0 Å². The molecule has 0 bridgehead atoms. The van der Waals surface area contributed by atoms with Gasteiger partial charge in [0.1, 0.15) is 5.78 Å². The van der Waals surface area contributed by atoms with Crippen LogP contribution in [0.15, 0.2) is 0 Å². The van der Waals surface area contributed by atoms with Crippen LogP contribution in [0.1, 0.15) is 6.92 Å². The van der Waals surface area contributed by atoms with Gasteiger partial charge in [0.15, 0.2) is 0 Å². The van der Waals surface area contributed by atoms with E-state index in [0.29, 0.717) is 0 Å². The minimum absolute atomic E-state index is 1.01. The summed E-state index contributed by atoms with van der Waals surface area (Å²) in [5.41, 5.74) is 3.02. The molecule has 0 aliphatic rings. The minimum Gasteiger partial charge on any atom is -0.807 e. The van der Waals surface area contributed by atoms with E-state index in [1.807, 2.05) is 0 Å². The van der Waals surface area contributed by atoms with Gasteiger partial charge in [-0.25, -0.2) is 0 Å². The van der Waals surface area contributed by atoms with Crippen LogP contribution in [0, 0.1) is 0 Å². The molecule has 0 aromatic carbocycles. The molecular weight excluding hydrogens is 117 g/mol. The van der Waals surface area contributed by atoms with Crippen molar-refractivity contribution in [2.75, 3.05) is 0 Å². The van der Waals surface area contributed by atoms with Crippen LogP contribution in [-0.2, 0) is 4.57 Å². The van der Waals surface area contributed by atoms with E-state index in [-0.39, 0.29) is 0 Å². The highest BCUT2D eigenvalue weighted by Gasteiger charge is 1.98. The lowest BCUT2D eigenvalue weighted by atomic mass is 10.8. The van der Waals surface area contributed by atoms with E-state index in [4.69, 9.17) is 0 Å². The number of quaternary nitrogens is 1. The zero-order valence-electron chi connectivity index (χ0n) is 3.96. The highest BCUT2D eigenvalue weighted by Crippen LogP contribution is 2.24. The lowest BCUT2D eigenvalue weighted by molar-refractivity contribution is -0.425. The molecule has 0 aromatic heterocycles. The molecule has 0 radical (unpaired) electrons. The summed E-state index contributed by atoms with van der Waals surface area (Å²) >= 11 is 0. The molecule has 0 aliphatic heterocycles.